The average molecular weight is 279 g/mol. The zero-order valence-electron chi connectivity index (χ0n) is 9.11. The number of nitrogens with one attached hydrogen (secondary N) is 1. The Bertz CT molecular complexity index is 401. The molecule has 0 aliphatic carbocycles. The van der Waals surface area contributed by atoms with Crippen molar-refractivity contribution in [3.8, 4) is 0 Å². The highest BCUT2D eigenvalue weighted by molar-refractivity contribution is 6.34. The van der Waals surface area contributed by atoms with Crippen LogP contribution in [0.4, 0.5) is 0 Å². The molecule has 0 radical (unpaired) electrons. The number of hydrogen-bond donors (Lipinski definition) is 2. The van der Waals surface area contributed by atoms with Gasteiger partial charge in [-0.2, -0.15) is 0 Å². The van der Waals surface area contributed by atoms with Crippen LogP contribution in [0.2, 0.25) is 10.3 Å². The molecule has 0 fully saturated rings. The molecule has 5 nitrogen and oxygen atoms in total. The summed E-state index contributed by atoms with van der Waals surface area (Å²) in [4.78, 5) is 15.5. The van der Waals surface area contributed by atoms with Crippen LogP contribution in [0.3, 0.4) is 0 Å². The second-order valence-electron chi connectivity index (χ2n) is 3.28. The number of pyridine rings is 1. The lowest BCUT2D eigenvalue weighted by Gasteiger charge is -2.15. The molecule has 0 aliphatic heterocycles. The number of aromatic nitrogens is 1. The number of carbonyl (C=O) groups is 1. The highest BCUT2D eigenvalue weighted by Gasteiger charge is 2.16. The third-order valence-corrected chi connectivity index (χ3v) is 2.48. The molecule has 1 amide bonds. The van der Waals surface area contributed by atoms with Crippen LogP contribution in [-0.4, -0.2) is 42.4 Å². The number of rotatable bonds is 5. The van der Waals surface area contributed by atoms with Crippen molar-refractivity contribution < 1.29 is 14.6 Å². The first kappa shape index (κ1) is 14.2. The summed E-state index contributed by atoms with van der Waals surface area (Å²) in [7, 11) is 1.48. The first-order valence-electron chi connectivity index (χ1n) is 4.81. The van der Waals surface area contributed by atoms with Crippen LogP contribution >= 0.6 is 23.2 Å². The quantitative estimate of drug-likeness (QED) is 0.792. The molecule has 2 N–H and O–H groups in total. The van der Waals surface area contributed by atoms with E-state index in [0.29, 0.717) is 0 Å². The fourth-order valence-electron chi connectivity index (χ4n) is 1.19. The number of halogens is 2. The van der Waals surface area contributed by atoms with E-state index in [1.807, 2.05) is 0 Å². The van der Waals surface area contributed by atoms with Gasteiger partial charge in [0.05, 0.1) is 24.8 Å². The summed E-state index contributed by atoms with van der Waals surface area (Å²) in [5.41, 5.74) is 0.200. The lowest BCUT2D eigenvalue weighted by molar-refractivity contribution is 0.0839. The van der Waals surface area contributed by atoms with Gasteiger partial charge in [-0.15, -0.1) is 0 Å². The number of aliphatic hydroxyl groups excluding tert-OH is 1. The molecule has 1 heterocycles. The van der Waals surface area contributed by atoms with Crippen molar-refractivity contribution in [3.63, 3.8) is 0 Å². The van der Waals surface area contributed by atoms with Crippen LogP contribution in [0.15, 0.2) is 12.1 Å². The van der Waals surface area contributed by atoms with E-state index in [1.54, 1.807) is 0 Å². The van der Waals surface area contributed by atoms with E-state index in [9.17, 15) is 4.79 Å². The molecule has 1 unspecified atom stereocenters. The van der Waals surface area contributed by atoms with Gasteiger partial charge in [0.15, 0.2) is 0 Å². The van der Waals surface area contributed by atoms with Crippen molar-refractivity contribution in [2.24, 2.45) is 0 Å². The summed E-state index contributed by atoms with van der Waals surface area (Å²) >= 11 is 11.4. The van der Waals surface area contributed by atoms with Crippen molar-refractivity contribution in [2.75, 3.05) is 20.3 Å². The molecule has 0 bridgehead atoms. The number of methoxy groups -OCH3 is 1. The molecule has 0 aliphatic rings. The van der Waals surface area contributed by atoms with Gasteiger partial charge in [-0.1, -0.05) is 23.2 Å². The van der Waals surface area contributed by atoms with Crippen LogP contribution in [-0.2, 0) is 4.74 Å². The van der Waals surface area contributed by atoms with Gasteiger partial charge in [0.1, 0.15) is 10.3 Å². The Morgan fingerprint density at radius 1 is 1.59 bits per heavy atom. The zero-order valence-corrected chi connectivity index (χ0v) is 10.6. The highest BCUT2D eigenvalue weighted by atomic mass is 35.5. The van der Waals surface area contributed by atoms with E-state index >= 15 is 0 Å². The summed E-state index contributed by atoms with van der Waals surface area (Å²) in [5, 5.41) is 11.8. The molecule has 1 atom stereocenters. The molecule has 7 heteroatoms. The van der Waals surface area contributed by atoms with Crippen molar-refractivity contribution in [2.45, 2.75) is 6.04 Å². The molecule has 0 spiro atoms. The minimum atomic E-state index is -0.487. The van der Waals surface area contributed by atoms with Crippen LogP contribution in [0, 0.1) is 0 Å². The largest absolute Gasteiger partial charge is 0.394 e. The monoisotopic (exact) mass is 278 g/mol. The zero-order chi connectivity index (χ0) is 12.8. The fraction of sp³-hybridized carbons (Fsp3) is 0.400. The van der Waals surface area contributed by atoms with Crippen molar-refractivity contribution >= 4 is 29.1 Å². The minimum Gasteiger partial charge on any atom is -0.394 e. The van der Waals surface area contributed by atoms with Gasteiger partial charge >= 0.3 is 0 Å². The molecule has 94 valence electrons. The first-order chi connectivity index (χ1) is 8.08. The first-order valence-corrected chi connectivity index (χ1v) is 5.56. The van der Waals surface area contributed by atoms with Gasteiger partial charge in [0.2, 0.25) is 0 Å². The van der Waals surface area contributed by atoms with Crippen molar-refractivity contribution in [1.29, 1.82) is 0 Å². The maximum Gasteiger partial charge on any atom is 0.254 e. The Morgan fingerprint density at radius 2 is 2.29 bits per heavy atom. The molecule has 1 rings (SSSR count). The van der Waals surface area contributed by atoms with Crippen LogP contribution in [0.1, 0.15) is 10.4 Å². The molecule has 17 heavy (non-hydrogen) atoms. The van der Waals surface area contributed by atoms with E-state index < -0.39 is 11.9 Å². The SMILES string of the molecule is COCC(CO)NC(=O)c1ccc(Cl)nc1Cl. The summed E-state index contributed by atoms with van der Waals surface area (Å²) in [6.45, 7) is -0.0148. The second-order valence-corrected chi connectivity index (χ2v) is 4.03. The maximum atomic E-state index is 11.8. The Kier molecular flexibility index (Phi) is 5.64. The van der Waals surface area contributed by atoms with Gasteiger partial charge in [-0.25, -0.2) is 4.98 Å². The number of ether oxygens (including phenoxy) is 1. The average Bonchev–Trinajstić information content (AvgIpc) is 2.28. The maximum absolute atomic E-state index is 11.8. The smallest absolute Gasteiger partial charge is 0.254 e. The normalized spacial score (nSPS) is 12.2. The third-order valence-electron chi connectivity index (χ3n) is 1.98. The molecule has 1 aromatic heterocycles. The van der Waals surface area contributed by atoms with Crippen molar-refractivity contribution in [3.05, 3.63) is 28.0 Å². The van der Waals surface area contributed by atoms with E-state index in [0.717, 1.165) is 0 Å². The Balaban J connectivity index is 2.75. The highest BCUT2D eigenvalue weighted by Crippen LogP contribution is 2.16. The fourth-order valence-corrected chi connectivity index (χ4v) is 1.62. The van der Waals surface area contributed by atoms with Crippen molar-refractivity contribution in [1.82, 2.24) is 10.3 Å². The predicted octanol–water partition coefficient (Wildman–Crippen LogP) is 1.13. The number of aliphatic hydroxyl groups is 1. The minimum absolute atomic E-state index is 0.0177. The van der Waals surface area contributed by atoms with Crippen LogP contribution in [0.5, 0.6) is 0 Å². The molecular formula is C10H12Cl2N2O3. The van der Waals surface area contributed by atoms with Gasteiger partial charge in [-0.3, -0.25) is 4.79 Å². The Labute approximate surface area is 109 Å². The van der Waals surface area contributed by atoms with Crippen LogP contribution < -0.4 is 5.32 Å². The van der Waals surface area contributed by atoms with Crippen LogP contribution in [0.25, 0.3) is 0 Å². The number of carbonyl (C=O) groups excluding carboxylic acids is 1. The lowest BCUT2D eigenvalue weighted by atomic mass is 10.2. The van der Waals surface area contributed by atoms with Gasteiger partial charge in [0.25, 0.3) is 5.91 Å². The number of nitrogens with zero attached hydrogens (tertiary/aromatic N) is 1. The number of amides is 1. The lowest BCUT2D eigenvalue weighted by Crippen LogP contribution is -2.40. The van der Waals surface area contributed by atoms with Gasteiger partial charge in [-0.05, 0) is 12.1 Å². The Morgan fingerprint density at radius 3 is 2.82 bits per heavy atom. The predicted molar refractivity (Wildman–Crippen MR) is 64.5 cm³/mol. The molecule has 0 saturated carbocycles. The van der Waals surface area contributed by atoms with E-state index in [4.69, 9.17) is 33.0 Å². The standard InChI is InChI=1S/C10H12Cl2N2O3/c1-17-5-6(4-15)13-10(16)7-2-3-8(11)14-9(7)12/h2-3,6,15H,4-5H2,1H3,(H,13,16). The Hall–Kier alpha value is -0.880. The molecular weight excluding hydrogens is 267 g/mol. The number of hydrogen-bond acceptors (Lipinski definition) is 4. The van der Waals surface area contributed by atoms with E-state index in [-0.39, 0.29) is 29.1 Å². The molecule has 0 saturated heterocycles. The summed E-state index contributed by atoms with van der Waals surface area (Å²) in [5.74, 6) is -0.435. The summed E-state index contributed by atoms with van der Waals surface area (Å²) in [6, 6.07) is 2.44. The van der Waals surface area contributed by atoms with Gasteiger partial charge in [0, 0.05) is 7.11 Å². The second kappa shape index (κ2) is 6.76. The third kappa shape index (κ3) is 4.12. The van der Waals surface area contributed by atoms with E-state index in [1.165, 1.54) is 19.2 Å². The summed E-state index contributed by atoms with van der Waals surface area (Å²) in [6.07, 6.45) is 0. The molecule has 0 aromatic carbocycles. The summed E-state index contributed by atoms with van der Waals surface area (Å²) < 4.78 is 4.84. The van der Waals surface area contributed by atoms with E-state index in [2.05, 4.69) is 10.3 Å². The molecule has 1 aromatic rings. The van der Waals surface area contributed by atoms with Gasteiger partial charge < -0.3 is 15.2 Å². The topological polar surface area (TPSA) is 71.5 Å².